The molecule has 3 aromatic heterocycles. The Bertz CT molecular complexity index is 970. The molecule has 4 rings (SSSR count). The van der Waals surface area contributed by atoms with Gasteiger partial charge in [0.15, 0.2) is 11.5 Å². The van der Waals surface area contributed by atoms with Crippen molar-refractivity contribution in [1.29, 1.82) is 0 Å². The summed E-state index contributed by atoms with van der Waals surface area (Å²) in [5.74, 6) is 1.69. The van der Waals surface area contributed by atoms with Crippen LogP contribution in [0.1, 0.15) is 22.9 Å². The Morgan fingerprint density at radius 3 is 2.62 bits per heavy atom. The molecule has 0 aliphatic rings. The number of rotatable bonds is 3. The first kappa shape index (κ1) is 16.3. The fraction of sp³-hybridized carbons (Fsp3) is 0.222. The van der Waals surface area contributed by atoms with Crippen LogP contribution in [0.5, 0.6) is 0 Å². The van der Waals surface area contributed by atoms with Crippen molar-refractivity contribution in [2.75, 3.05) is 0 Å². The highest BCUT2D eigenvalue weighted by Gasteiger charge is 2.09. The third kappa shape index (κ3) is 2.95. The molecule has 6 heteroatoms. The van der Waals surface area contributed by atoms with Gasteiger partial charge in [0.25, 0.3) is 0 Å². The van der Waals surface area contributed by atoms with E-state index in [9.17, 15) is 0 Å². The van der Waals surface area contributed by atoms with Crippen LogP contribution in [0.4, 0.5) is 0 Å². The number of pyridine rings is 1. The SMILES string of the molecule is Cc1cnc(C)n2nc(CCc3ccc4ccccc4n3)nc12.Cl. The molecule has 0 spiro atoms. The van der Waals surface area contributed by atoms with E-state index in [4.69, 9.17) is 4.98 Å². The number of fused-ring (bicyclic) bond motifs is 2. The lowest BCUT2D eigenvalue weighted by molar-refractivity contribution is 0.795. The lowest BCUT2D eigenvalue weighted by Crippen LogP contribution is -1.99. The van der Waals surface area contributed by atoms with Crippen molar-refractivity contribution in [1.82, 2.24) is 24.6 Å². The summed E-state index contributed by atoms with van der Waals surface area (Å²) in [6.07, 6.45) is 3.44. The quantitative estimate of drug-likeness (QED) is 0.573. The van der Waals surface area contributed by atoms with E-state index in [1.54, 1.807) is 0 Å². The Kier molecular flexibility index (Phi) is 4.44. The summed E-state index contributed by atoms with van der Waals surface area (Å²) >= 11 is 0. The van der Waals surface area contributed by atoms with Gasteiger partial charge in [0, 0.05) is 29.3 Å². The zero-order valence-electron chi connectivity index (χ0n) is 13.6. The van der Waals surface area contributed by atoms with Crippen LogP contribution in [-0.4, -0.2) is 24.6 Å². The summed E-state index contributed by atoms with van der Waals surface area (Å²) in [5.41, 5.74) is 4.02. The van der Waals surface area contributed by atoms with Gasteiger partial charge in [-0.3, -0.25) is 4.98 Å². The summed E-state index contributed by atoms with van der Waals surface area (Å²) in [7, 11) is 0. The van der Waals surface area contributed by atoms with E-state index in [-0.39, 0.29) is 12.4 Å². The van der Waals surface area contributed by atoms with Gasteiger partial charge in [-0.1, -0.05) is 24.3 Å². The maximum atomic E-state index is 4.70. The molecular formula is C18H18ClN5. The molecule has 1 aromatic carbocycles. The summed E-state index contributed by atoms with van der Waals surface area (Å²) in [5, 5.41) is 5.73. The molecule has 24 heavy (non-hydrogen) atoms. The zero-order valence-corrected chi connectivity index (χ0v) is 14.4. The van der Waals surface area contributed by atoms with Gasteiger partial charge in [0.1, 0.15) is 5.82 Å². The van der Waals surface area contributed by atoms with Crippen LogP contribution in [-0.2, 0) is 12.8 Å². The number of benzene rings is 1. The number of aromatic nitrogens is 5. The number of hydrogen-bond donors (Lipinski definition) is 0. The average molecular weight is 340 g/mol. The van der Waals surface area contributed by atoms with Crippen molar-refractivity contribution in [3.8, 4) is 0 Å². The van der Waals surface area contributed by atoms with Crippen molar-refractivity contribution in [3.63, 3.8) is 0 Å². The van der Waals surface area contributed by atoms with E-state index in [0.29, 0.717) is 0 Å². The van der Waals surface area contributed by atoms with E-state index in [1.165, 1.54) is 5.39 Å². The standard InChI is InChI=1S/C18H17N5.ClH/c1-12-11-19-13(2)23-18(12)21-17(22-23)10-9-15-8-7-14-5-3-4-6-16(14)20-15;/h3-8,11H,9-10H2,1-2H3;1H. The van der Waals surface area contributed by atoms with Crippen LogP contribution in [0.15, 0.2) is 42.6 Å². The highest BCUT2D eigenvalue weighted by Crippen LogP contribution is 2.14. The molecule has 0 fully saturated rings. The van der Waals surface area contributed by atoms with Gasteiger partial charge in [0.05, 0.1) is 5.52 Å². The van der Waals surface area contributed by atoms with Crippen LogP contribution >= 0.6 is 12.4 Å². The van der Waals surface area contributed by atoms with E-state index < -0.39 is 0 Å². The Balaban J connectivity index is 0.00000169. The second kappa shape index (κ2) is 6.53. The van der Waals surface area contributed by atoms with E-state index >= 15 is 0 Å². The van der Waals surface area contributed by atoms with E-state index in [1.807, 2.05) is 42.8 Å². The molecule has 4 aromatic rings. The van der Waals surface area contributed by atoms with Crippen LogP contribution in [0.25, 0.3) is 16.6 Å². The number of halogens is 1. The normalized spacial score (nSPS) is 10.9. The Morgan fingerprint density at radius 1 is 0.958 bits per heavy atom. The molecule has 0 saturated carbocycles. The monoisotopic (exact) mass is 339 g/mol. The summed E-state index contributed by atoms with van der Waals surface area (Å²) < 4.78 is 1.82. The van der Waals surface area contributed by atoms with Crippen molar-refractivity contribution in [3.05, 3.63) is 65.5 Å². The lowest BCUT2D eigenvalue weighted by Gasteiger charge is -2.01. The maximum absolute atomic E-state index is 4.70. The molecule has 0 saturated heterocycles. The van der Waals surface area contributed by atoms with Gasteiger partial charge in [-0.15, -0.1) is 17.5 Å². The Morgan fingerprint density at radius 2 is 1.79 bits per heavy atom. The van der Waals surface area contributed by atoms with Crippen molar-refractivity contribution < 1.29 is 0 Å². The van der Waals surface area contributed by atoms with Crippen molar-refractivity contribution >= 4 is 29.0 Å². The number of nitrogens with zero attached hydrogens (tertiary/aromatic N) is 5. The fourth-order valence-electron chi connectivity index (χ4n) is 2.73. The smallest absolute Gasteiger partial charge is 0.162 e. The molecule has 3 heterocycles. The van der Waals surface area contributed by atoms with E-state index in [2.05, 4.69) is 33.3 Å². The molecule has 0 N–H and O–H groups in total. The minimum atomic E-state index is 0. The van der Waals surface area contributed by atoms with Crippen LogP contribution < -0.4 is 0 Å². The minimum absolute atomic E-state index is 0. The second-order valence-corrected chi connectivity index (χ2v) is 5.75. The Labute approximate surface area is 146 Å². The highest BCUT2D eigenvalue weighted by molar-refractivity contribution is 5.85. The predicted octanol–water partition coefficient (Wildman–Crippen LogP) is 3.50. The van der Waals surface area contributed by atoms with Gasteiger partial charge < -0.3 is 0 Å². The molecule has 5 nitrogen and oxygen atoms in total. The molecule has 0 aliphatic carbocycles. The number of aryl methyl sites for hydroxylation is 4. The molecule has 0 amide bonds. The Hall–Kier alpha value is -2.53. The first-order chi connectivity index (χ1) is 11.2. The average Bonchev–Trinajstić information content (AvgIpc) is 3.02. The maximum Gasteiger partial charge on any atom is 0.162 e. The molecule has 0 aliphatic heterocycles. The first-order valence-electron chi connectivity index (χ1n) is 7.73. The number of hydrogen-bond acceptors (Lipinski definition) is 4. The predicted molar refractivity (Wildman–Crippen MR) is 96.7 cm³/mol. The van der Waals surface area contributed by atoms with E-state index in [0.717, 1.165) is 46.9 Å². The van der Waals surface area contributed by atoms with Gasteiger partial charge in [-0.05, 0) is 32.4 Å². The summed E-state index contributed by atoms with van der Waals surface area (Å²) in [6.45, 7) is 3.95. The van der Waals surface area contributed by atoms with Gasteiger partial charge in [-0.25, -0.2) is 9.97 Å². The largest absolute Gasteiger partial charge is 0.253 e. The molecular weight excluding hydrogens is 322 g/mol. The first-order valence-corrected chi connectivity index (χ1v) is 7.73. The van der Waals surface area contributed by atoms with Crippen molar-refractivity contribution in [2.24, 2.45) is 0 Å². The number of para-hydroxylation sites is 1. The third-order valence-electron chi connectivity index (χ3n) is 4.02. The third-order valence-corrected chi connectivity index (χ3v) is 4.02. The van der Waals surface area contributed by atoms with Gasteiger partial charge in [0.2, 0.25) is 0 Å². The molecule has 0 bridgehead atoms. The molecule has 0 radical (unpaired) electrons. The van der Waals surface area contributed by atoms with Crippen LogP contribution in [0, 0.1) is 13.8 Å². The molecule has 0 unspecified atom stereocenters. The molecule has 122 valence electrons. The lowest BCUT2D eigenvalue weighted by atomic mass is 10.1. The fourth-order valence-corrected chi connectivity index (χ4v) is 2.73. The van der Waals surface area contributed by atoms with Crippen molar-refractivity contribution in [2.45, 2.75) is 26.7 Å². The van der Waals surface area contributed by atoms with Gasteiger partial charge >= 0.3 is 0 Å². The summed E-state index contributed by atoms with van der Waals surface area (Å²) in [4.78, 5) is 13.7. The van der Waals surface area contributed by atoms with Crippen LogP contribution in [0.2, 0.25) is 0 Å². The topological polar surface area (TPSA) is 56.0 Å². The summed E-state index contributed by atoms with van der Waals surface area (Å²) in [6, 6.07) is 12.4. The molecule has 0 atom stereocenters. The minimum Gasteiger partial charge on any atom is -0.253 e. The zero-order chi connectivity index (χ0) is 15.8. The van der Waals surface area contributed by atoms with Gasteiger partial charge in [-0.2, -0.15) is 4.52 Å². The second-order valence-electron chi connectivity index (χ2n) is 5.75. The van der Waals surface area contributed by atoms with Crippen LogP contribution in [0.3, 0.4) is 0 Å². The highest BCUT2D eigenvalue weighted by atomic mass is 35.5.